The van der Waals surface area contributed by atoms with E-state index in [0.29, 0.717) is 12.1 Å². The van der Waals surface area contributed by atoms with E-state index in [1.165, 1.54) is 34.4 Å². The van der Waals surface area contributed by atoms with Crippen molar-refractivity contribution in [2.75, 3.05) is 12.0 Å². The Kier molecular flexibility index (Phi) is 4.13. The number of hydrogen-bond donors (Lipinski definition) is 1. The van der Waals surface area contributed by atoms with Crippen LogP contribution in [0.25, 0.3) is 11.1 Å². The van der Waals surface area contributed by atoms with Gasteiger partial charge in [0.15, 0.2) is 0 Å². The van der Waals surface area contributed by atoms with Crippen LogP contribution in [0.3, 0.4) is 0 Å². The molecular formula is C18H21NS. The van der Waals surface area contributed by atoms with Crippen molar-refractivity contribution in [2.24, 2.45) is 0 Å². The standard InChI is InChI=1S/C18H21NS/c1-13(11-12-20-2)19-18-16-9-5-3-7-14(16)15-8-4-6-10-17(15)18/h3-10,13,18-19H,11-12H2,1-2H3. The fourth-order valence-corrected chi connectivity index (χ4v) is 3.59. The molecule has 0 heterocycles. The van der Waals surface area contributed by atoms with Crippen LogP contribution in [0.2, 0.25) is 0 Å². The lowest BCUT2D eigenvalue weighted by Gasteiger charge is -2.21. The van der Waals surface area contributed by atoms with E-state index in [4.69, 9.17) is 0 Å². The van der Waals surface area contributed by atoms with Gasteiger partial charge in [0.05, 0.1) is 6.04 Å². The average Bonchev–Trinajstić information content (AvgIpc) is 2.80. The van der Waals surface area contributed by atoms with Crippen LogP contribution in [0.15, 0.2) is 48.5 Å². The molecular weight excluding hydrogens is 262 g/mol. The summed E-state index contributed by atoms with van der Waals surface area (Å²) >= 11 is 1.92. The average molecular weight is 283 g/mol. The highest BCUT2D eigenvalue weighted by molar-refractivity contribution is 7.98. The van der Waals surface area contributed by atoms with Gasteiger partial charge >= 0.3 is 0 Å². The van der Waals surface area contributed by atoms with Crippen LogP contribution >= 0.6 is 11.8 Å². The van der Waals surface area contributed by atoms with Crippen molar-refractivity contribution in [1.29, 1.82) is 0 Å². The van der Waals surface area contributed by atoms with Crippen molar-refractivity contribution in [3.8, 4) is 11.1 Å². The number of benzene rings is 2. The summed E-state index contributed by atoms with van der Waals surface area (Å²) in [7, 11) is 0. The van der Waals surface area contributed by atoms with Gasteiger partial charge in [0, 0.05) is 6.04 Å². The summed E-state index contributed by atoms with van der Waals surface area (Å²) in [5.41, 5.74) is 5.62. The van der Waals surface area contributed by atoms with Gasteiger partial charge in [-0.3, -0.25) is 0 Å². The van der Waals surface area contributed by atoms with Crippen LogP contribution in [0.4, 0.5) is 0 Å². The smallest absolute Gasteiger partial charge is 0.0591 e. The van der Waals surface area contributed by atoms with E-state index in [-0.39, 0.29) is 0 Å². The minimum Gasteiger partial charge on any atom is -0.304 e. The zero-order valence-electron chi connectivity index (χ0n) is 12.1. The SMILES string of the molecule is CSCCC(C)NC1c2ccccc2-c2ccccc21. The highest BCUT2D eigenvalue weighted by Gasteiger charge is 2.28. The molecule has 1 nitrogen and oxygen atoms in total. The van der Waals surface area contributed by atoms with Gasteiger partial charge in [-0.05, 0) is 47.6 Å². The Balaban J connectivity index is 1.91. The molecule has 2 heteroatoms. The molecule has 20 heavy (non-hydrogen) atoms. The number of nitrogens with one attached hydrogen (secondary N) is 1. The van der Waals surface area contributed by atoms with E-state index in [1.54, 1.807) is 0 Å². The summed E-state index contributed by atoms with van der Waals surface area (Å²) in [6, 6.07) is 18.4. The van der Waals surface area contributed by atoms with Crippen LogP contribution in [0.5, 0.6) is 0 Å². The normalized spacial score (nSPS) is 14.9. The second-order valence-electron chi connectivity index (χ2n) is 5.46. The Labute approximate surface area is 125 Å². The Morgan fingerprint density at radius 1 is 1.00 bits per heavy atom. The highest BCUT2D eigenvalue weighted by Crippen LogP contribution is 2.43. The second-order valence-corrected chi connectivity index (χ2v) is 6.44. The van der Waals surface area contributed by atoms with Crippen molar-refractivity contribution in [2.45, 2.75) is 25.4 Å². The van der Waals surface area contributed by atoms with Crippen LogP contribution < -0.4 is 5.32 Å². The van der Waals surface area contributed by atoms with Crippen LogP contribution in [-0.4, -0.2) is 18.1 Å². The minimum absolute atomic E-state index is 0.347. The van der Waals surface area contributed by atoms with Crippen molar-refractivity contribution in [3.63, 3.8) is 0 Å². The molecule has 0 radical (unpaired) electrons. The summed E-state index contributed by atoms with van der Waals surface area (Å²) in [5.74, 6) is 1.21. The third kappa shape index (κ3) is 2.50. The molecule has 1 N–H and O–H groups in total. The van der Waals surface area contributed by atoms with Crippen molar-refractivity contribution in [3.05, 3.63) is 59.7 Å². The van der Waals surface area contributed by atoms with Gasteiger partial charge < -0.3 is 5.32 Å². The van der Waals surface area contributed by atoms with Crippen molar-refractivity contribution < 1.29 is 0 Å². The lowest BCUT2D eigenvalue weighted by molar-refractivity contribution is 0.495. The molecule has 0 amide bonds. The first-order valence-electron chi connectivity index (χ1n) is 7.24. The summed E-state index contributed by atoms with van der Waals surface area (Å²) < 4.78 is 0. The van der Waals surface area contributed by atoms with Gasteiger partial charge in [-0.1, -0.05) is 48.5 Å². The fourth-order valence-electron chi connectivity index (χ4n) is 3.00. The van der Waals surface area contributed by atoms with Crippen molar-refractivity contribution in [1.82, 2.24) is 5.32 Å². The third-order valence-corrected chi connectivity index (χ3v) is 4.68. The lowest BCUT2D eigenvalue weighted by Crippen LogP contribution is -2.30. The van der Waals surface area contributed by atoms with Crippen molar-refractivity contribution >= 4 is 11.8 Å². The first kappa shape index (κ1) is 13.7. The molecule has 1 atom stereocenters. The molecule has 0 saturated carbocycles. The molecule has 0 bridgehead atoms. The quantitative estimate of drug-likeness (QED) is 0.868. The lowest BCUT2D eigenvalue weighted by atomic mass is 10.0. The van der Waals surface area contributed by atoms with E-state index >= 15 is 0 Å². The van der Waals surface area contributed by atoms with Crippen LogP contribution in [-0.2, 0) is 0 Å². The van der Waals surface area contributed by atoms with E-state index in [0.717, 1.165) is 0 Å². The Morgan fingerprint density at radius 3 is 2.10 bits per heavy atom. The molecule has 1 aliphatic rings. The first-order valence-corrected chi connectivity index (χ1v) is 8.64. The monoisotopic (exact) mass is 283 g/mol. The number of thioether (sulfide) groups is 1. The molecule has 0 spiro atoms. The summed E-state index contributed by atoms with van der Waals surface area (Å²) in [5, 5.41) is 3.81. The van der Waals surface area contributed by atoms with E-state index in [2.05, 4.69) is 67.0 Å². The molecule has 1 unspecified atom stereocenters. The maximum atomic E-state index is 3.81. The molecule has 0 aliphatic heterocycles. The largest absolute Gasteiger partial charge is 0.304 e. The predicted molar refractivity (Wildman–Crippen MR) is 89.3 cm³/mol. The van der Waals surface area contributed by atoms with E-state index in [9.17, 15) is 0 Å². The molecule has 2 aromatic rings. The molecule has 0 aromatic heterocycles. The second kappa shape index (κ2) is 6.02. The van der Waals surface area contributed by atoms with Gasteiger partial charge in [0.2, 0.25) is 0 Å². The van der Waals surface area contributed by atoms with Gasteiger partial charge in [-0.25, -0.2) is 0 Å². The Morgan fingerprint density at radius 2 is 1.55 bits per heavy atom. The topological polar surface area (TPSA) is 12.0 Å². The molecule has 1 aliphatic carbocycles. The Bertz CT molecular complexity index is 548. The number of hydrogen-bond acceptors (Lipinski definition) is 2. The Hall–Kier alpha value is -1.25. The summed E-state index contributed by atoms with van der Waals surface area (Å²) in [6.07, 6.45) is 3.38. The third-order valence-electron chi connectivity index (χ3n) is 4.04. The van der Waals surface area contributed by atoms with E-state index < -0.39 is 0 Å². The van der Waals surface area contributed by atoms with Gasteiger partial charge in [0.1, 0.15) is 0 Å². The van der Waals surface area contributed by atoms with Gasteiger partial charge in [-0.15, -0.1) is 0 Å². The summed E-state index contributed by atoms with van der Waals surface area (Å²) in [6.45, 7) is 2.29. The molecule has 2 aromatic carbocycles. The van der Waals surface area contributed by atoms with E-state index in [1.807, 2.05) is 11.8 Å². The van der Waals surface area contributed by atoms with Crippen LogP contribution in [0.1, 0.15) is 30.5 Å². The highest BCUT2D eigenvalue weighted by atomic mass is 32.2. The predicted octanol–water partition coefficient (Wildman–Crippen LogP) is 4.49. The molecule has 0 fully saturated rings. The zero-order chi connectivity index (χ0) is 13.9. The van der Waals surface area contributed by atoms with Gasteiger partial charge in [0.25, 0.3) is 0 Å². The number of rotatable bonds is 5. The van der Waals surface area contributed by atoms with Gasteiger partial charge in [-0.2, -0.15) is 11.8 Å². The van der Waals surface area contributed by atoms with Crippen LogP contribution in [0, 0.1) is 0 Å². The molecule has 3 rings (SSSR count). The fraction of sp³-hybridized carbons (Fsp3) is 0.333. The molecule has 0 saturated heterocycles. The minimum atomic E-state index is 0.347. The number of fused-ring (bicyclic) bond motifs is 3. The zero-order valence-corrected chi connectivity index (χ0v) is 12.9. The molecule has 104 valence electrons. The first-order chi connectivity index (χ1) is 9.81. The maximum absolute atomic E-state index is 3.81. The summed E-state index contributed by atoms with van der Waals surface area (Å²) in [4.78, 5) is 0. The maximum Gasteiger partial charge on any atom is 0.0591 e.